The van der Waals surface area contributed by atoms with Crippen LogP contribution in [-0.2, 0) is 11.3 Å². The van der Waals surface area contributed by atoms with Crippen molar-refractivity contribution in [2.24, 2.45) is 5.10 Å². The summed E-state index contributed by atoms with van der Waals surface area (Å²) in [4.78, 5) is 16.6. The van der Waals surface area contributed by atoms with E-state index in [2.05, 4.69) is 27.0 Å². The fourth-order valence-electron chi connectivity index (χ4n) is 2.50. The van der Waals surface area contributed by atoms with Gasteiger partial charge in [-0.1, -0.05) is 60.3 Å². The van der Waals surface area contributed by atoms with Crippen molar-refractivity contribution in [3.05, 3.63) is 66.2 Å². The zero-order valence-corrected chi connectivity index (χ0v) is 15.3. The summed E-state index contributed by atoms with van der Waals surface area (Å²) in [7, 11) is 0. The SMILES string of the molecule is CCn1c(SCC(=O)NN=CC=Cc2ccccc2)nc2ccccc21. The Kier molecular flexibility index (Phi) is 6.22. The lowest BCUT2D eigenvalue weighted by molar-refractivity contribution is -0.118. The van der Waals surface area contributed by atoms with Gasteiger partial charge in [-0.25, -0.2) is 10.4 Å². The van der Waals surface area contributed by atoms with E-state index in [1.807, 2.05) is 60.7 Å². The van der Waals surface area contributed by atoms with Crippen LogP contribution in [0.25, 0.3) is 17.1 Å². The Hall–Kier alpha value is -2.86. The molecule has 26 heavy (non-hydrogen) atoms. The first-order chi connectivity index (χ1) is 12.8. The first kappa shape index (κ1) is 17.9. The highest BCUT2D eigenvalue weighted by Gasteiger charge is 2.11. The molecule has 1 heterocycles. The Morgan fingerprint density at radius 1 is 1.19 bits per heavy atom. The van der Waals surface area contributed by atoms with Gasteiger partial charge in [0.1, 0.15) is 0 Å². The summed E-state index contributed by atoms with van der Waals surface area (Å²) in [5.41, 5.74) is 5.65. The monoisotopic (exact) mass is 364 g/mol. The van der Waals surface area contributed by atoms with Crippen molar-refractivity contribution < 1.29 is 4.79 Å². The number of imidazole rings is 1. The van der Waals surface area contributed by atoms with Crippen LogP contribution in [0.3, 0.4) is 0 Å². The van der Waals surface area contributed by atoms with Crippen molar-refractivity contribution in [2.75, 3.05) is 5.75 Å². The highest BCUT2D eigenvalue weighted by Crippen LogP contribution is 2.23. The molecule has 1 N–H and O–H groups in total. The number of carbonyl (C=O) groups is 1. The molecule has 0 aliphatic heterocycles. The maximum Gasteiger partial charge on any atom is 0.250 e. The Labute approximate surface area is 156 Å². The first-order valence-electron chi connectivity index (χ1n) is 8.39. The van der Waals surface area contributed by atoms with Gasteiger partial charge in [-0.2, -0.15) is 5.10 Å². The molecule has 0 saturated heterocycles. The number of nitrogens with zero attached hydrogens (tertiary/aromatic N) is 3. The summed E-state index contributed by atoms with van der Waals surface area (Å²) in [6.45, 7) is 2.88. The number of hydrogen-bond donors (Lipinski definition) is 1. The molecule has 0 bridgehead atoms. The van der Waals surface area contributed by atoms with Gasteiger partial charge in [0.25, 0.3) is 5.91 Å². The minimum absolute atomic E-state index is 0.158. The smallest absolute Gasteiger partial charge is 0.250 e. The minimum Gasteiger partial charge on any atom is -0.319 e. The summed E-state index contributed by atoms with van der Waals surface area (Å²) in [5.74, 6) is 0.109. The van der Waals surface area contributed by atoms with E-state index >= 15 is 0 Å². The number of benzene rings is 2. The van der Waals surface area contributed by atoms with E-state index in [1.54, 1.807) is 12.3 Å². The van der Waals surface area contributed by atoms with E-state index in [1.165, 1.54) is 11.8 Å². The lowest BCUT2D eigenvalue weighted by Crippen LogP contribution is -2.19. The molecule has 0 unspecified atom stereocenters. The Morgan fingerprint density at radius 2 is 1.96 bits per heavy atom. The molecule has 0 fully saturated rings. The van der Waals surface area contributed by atoms with E-state index in [0.29, 0.717) is 0 Å². The van der Waals surface area contributed by atoms with Gasteiger partial charge in [-0.05, 0) is 30.7 Å². The third kappa shape index (κ3) is 4.61. The quantitative estimate of drug-likeness (QED) is 0.392. The topological polar surface area (TPSA) is 59.3 Å². The van der Waals surface area contributed by atoms with Crippen LogP contribution in [0.15, 0.2) is 70.9 Å². The molecule has 0 saturated carbocycles. The maximum atomic E-state index is 12.0. The molecule has 0 radical (unpaired) electrons. The van der Waals surface area contributed by atoms with Crippen LogP contribution >= 0.6 is 11.8 Å². The van der Waals surface area contributed by atoms with E-state index in [4.69, 9.17) is 0 Å². The van der Waals surface area contributed by atoms with Gasteiger partial charge in [0.05, 0.1) is 16.8 Å². The standard InChI is InChI=1S/C20H20N4OS/c1-2-24-18-13-7-6-12-17(18)22-20(24)26-15-19(25)23-21-14-8-11-16-9-4-3-5-10-16/h3-14H,2,15H2,1H3,(H,23,25). The average molecular weight is 364 g/mol. The second kappa shape index (κ2) is 9.01. The van der Waals surface area contributed by atoms with E-state index in [-0.39, 0.29) is 11.7 Å². The molecule has 1 amide bonds. The van der Waals surface area contributed by atoms with Crippen LogP contribution in [0.2, 0.25) is 0 Å². The summed E-state index contributed by atoms with van der Waals surface area (Å²) in [6, 6.07) is 17.9. The van der Waals surface area contributed by atoms with Crippen molar-refractivity contribution in [3.63, 3.8) is 0 Å². The highest BCUT2D eigenvalue weighted by molar-refractivity contribution is 7.99. The largest absolute Gasteiger partial charge is 0.319 e. The van der Waals surface area contributed by atoms with Crippen molar-refractivity contribution in [3.8, 4) is 0 Å². The van der Waals surface area contributed by atoms with Crippen molar-refractivity contribution >= 4 is 41.0 Å². The number of carbonyl (C=O) groups excluding carboxylic acids is 1. The summed E-state index contributed by atoms with van der Waals surface area (Å²) >= 11 is 1.41. The number of aromatic nitrogens is 2. The van der Waals surface area contributed by atoms with Gasteiger partial charge in [-0.15, -0.1) is 0 Å². The summed E-state index contributed by atoms with van der Waals surface area (Å²) in [5, 5.41) is 4.78. The molecule has 2 aromatic carbocycles. The average Bonchev–Trinajstić information content (AvgIpc) is 3.04. The number of hydrazone groups is 1. The molecular weight excluding hydrogens is 344 g/mol. The third-order valence-corrected chi connectivity index (χ3v) is 4.68. The molecule has 1 aromatic heterocycles. The highest BCUT2D eigenvalue weighted by atomic mass is 32.2. The van der Waals surface area contributed by atoms with Crippen LogP contribution in [0.4, 0.5) is 0 Å². The molecule has 6 heteroatoms. The first-order valence-corrected chi connectivity index (χ1v) is 9.38. The van der Waals surface area contributed by atoms with Gasteiger partial charge in [0, 0.05) is 12.8 Å². The lowest BCUT2D eigenvalue weighted by Gasteiger charge is -2.04. The van der Waals surface area contributed by atoms with Gasteiger partial charge in [0.15, 0.2) is 5.16 Å². The second-order valence-electron chi connectivity index (χ2n) is 5.50. The maximum absolute atomic E-state index is 12.0. The fraction of sp³-hybridized carbons (Fsp3) is 0.150. The number of para-hydroxylation sites is 2. The lowest BCUT2D eigenvalue weighted by atomic mass is 10.2. The van der Waals surface area contributed by atoms with Gasteiger partial charge >= 0.3 is 0 Å². The van der Waals surface area contributed by atoms with Crippen molar-refractivity contribution in [1.82, 2.24) is 15.0 Å². The Morgan fingerprint density at radius 3 is 2.77 bits per heavy atom. The van der Waals surface area contributed by atoms with Crippen LogP contribution in [0.5, 0.6) is 0 Å². The molecule has 0 aliphatic rings. The Bertz CT molecular complexity index is 931. The number of rotatable bonds is 7. The molecule has 0 atom stereocenters. The molecular formula is C20H20N4OS. The normalized spacial score (nSPS) is 11.6. The number of allylic oxidation sites excluding steroid dienone is 1. The predicted molar refractivity (Wildman–Crippen MR) is 108 cm³/mol. The molecule has 5 nitrogen and oxygen atoms in total. The number of nitrogens with one attached hydrogen (secondary N) is 1. The Balaban J connectivity index is 1.51. The minimum atomic E-state index is -0.158. The molecule has 132 valence electrons. The molecule has 3 aromatic rings. The summed E-state index contributed by atoms with van der Waals surface area (Å²) < 4.78 is 2.11. The van der Waals surface area contributed by atoms with E-state index < -0.39 is 0 Å². The zero-order chi connectivity index (χ0) is 18.2. The number of aryl methyl sites for hydroxylation is 1. The van der Waals surface area contributed by atoms with Crippen molar-refractivity contribution in [2.45, 2.75) is 18.6 Å². The van der Waals surface area contributed by atoms with Gasteiger partial charge < -0.3 is 4.57 Å². The predicted octanol–water partition coefficient (Wildman–Crippen LogP) is 3.96. The third-order valence-electron chi connectivity index (χ3n) is 3.71. The molecule has 0 aliphatic carbocycles. The van der Waals surface area contributed by atoms with E-state index in [9.17, 15) is 4.79 Å². The zero-order valence-electron chi connectivity index (χ0n) is 14.5. The molecule has 3 rings (SSSR count). The number of amides is 1. The number of hydrogen-bond acceptors (Lipinski definition) is 4. The van der Waals surface area contributed by atoms with Crippen LogP contribution < -0.4 is 5.43 Å². The van der Waals surface area contributed by atoms with Gasteiger partial charge in [0.2, 0.25) is 0 Å². The molecule has 0 spiro atoms. The van der Waals surface area contributed by atoms with E-state index in [0.717, 1.165) is 28.3 Å². The van der Waals surface area contributed by atoms with Gasteiger partial charge in [-0.3, -0.25) is 4.79 Å². The summed E-state index contributed by atoms with van der Waals surface area (Å²) in [6.07, 6.45) is 5.28. The fourth-order valence-corrected chi connectivity index (χ4v) is 3.37. The van der Waals surface area contributed by atoms with Crippen molar-refractivity contribution in [1.29, 1.82) is 0 Å². The number of fused-ring (bicyclic) bond motifs is 1. The van der Waals surface area contributed by atoms with Crippen LogP contribution in [-0.4, -0.2) is 27.4 Å². The number of thioether (sulfide) groups is 1. The van der Waals surface area contributed by atoms with Crippen LogP contribution in [0, 0.1) is 0 Å². The second-order valence-corrected chi connectivity index (χ2v) is 6.44. The van der Waals surface area contributed by atoms with Crippen LogP contribution in [0.1, 0.15) is 12.5 Å².